The van der Waals surface area contributed by atoms with E-state index in [0.717, 1.165) is 23.1 Å². The van der Waals surface area contributed by atoms with E-state index in [2.05, 4.69) is 27.1 Å². The highest BCUT2D eigenvalue weighted by Crippen LogP contribution is 2.24. The van der Waals surface area contributed by atoms with Crippen LogP contribution < -0.4 is 10.1 Å². The maximum absolute atomic E-state index is 5.32. The molecule has 1 aromatic carbocycles. The van der Waals surface area contributed by atoms with Gasteiger partial charge in [-0.2, -0.15) is 0 Å². The van der Waals surface area contributed by atoms with Gasteiger partial charge in [0, 0.05) is 18.3 Å². The molecule has 0 atom stereocenters. The van der Waals surface area contributed by atoms with Crippen LogP contribution in [0.1, 0.15) is 37.8 Å². The molecule has 4 nitrogen and oxygen atoms in total. The first-order chi connectivity index (χ1) is 10.3. The monoisotopic (exact) mass is 285 g/mol. The molecule has 0 radical (unpaired) electrons. The molecule has 0 bridgehead atoms. The molecule has 1 aliphatic carbocycles. The molecule has 4 heteroatoms. The Labute approximate surface area is 126 Å². The van der Waals surface area contributed by atoms with Crippen molar-refractivity contribution in [1.82, 2.24) is 9.55 Å². The second-order valence-corrected chi connectivity index (χ2v) is 5.76. The fourth-order valence-electron chi connectivity index (χ4n) is 2.99. The summed E-state index contributed by atoms with van der Waals surface area (Å²) in [6.07, 6.45) is 8.54. The van der Waals surface area contributed by atoms with Crippen LogP contribution in [-0.2, 0) is 0 Å². The number of anilines is 1. The Morgan fingerprint density at radius 3 is 2.81 bits per heavy atom. The van der Waals surface area contributed by atoms with Crippen molar-refractivity contribution < 1.29 is 4.74 Å². The molecule has 1 saturated carbocycles. The average molecular weight is 285 g/mol. The molecule has 1 fully saturated rings. The number of benzene rings is 1. The van der Waals surface area contributed by atoms with E-state index in [1.807, 2.05) is 25.1 Å². The van der Waals surface area contributed by atoms with E-state index in [0.29, 0.717) is 6.04 Å². The molecule has 1 N–H and O–H groups in total. The van der Waals surface area contributed by atoms with Gasteiger partial charge in [-0.15, -0.1) is 0 Å². The van der Waals surface area contributed by atoms with Crippen molar-refractivity contribution in [1.29, 1.82) is 0 Å². The molecular formula is C17H23N3O. The number of nitrogens with one attached hydrogen (secondary N) is 1. The van der Waals surface area contributed by atoms with Gasteiger partial charge in [0.05, 0.1) is 18.5 Å². The number of aryl methyl sites for hydroxylation is 1. The largest absolute Gasteiger partial charge is 0.497 e. The zero-order valence-electron chi connectivity index (χ0n) is 12.8. The summed E-state index contributed by atoms with van der Waals surface area (Å²) in [7, 11) is 1.69. The number of imidazole rings is 1. The minimum atomic E-state index is 0.546. The third kappa shape index (κ3) is 3.20. The normalized spacial score (nSPS) is 15.9. The molecule has 0 saturated heterocycles. The zero-order valence-corrected chi connectivity index (χ0v) is 12.8. The van der Waals surface area contributed by atoms with E-state index in [4.69, 9.17) is 4.74 Å². The van der Waals surface area contributed by atoms with Crippen molar-refractivity contribution in [3.8, 4) is 11.4 Å². The van der Waals surface area contributed by atoms with Crippen molar-refractivity contribution in [3.05, 3.63) is 36.2 Å². The van der Waals surface area contributed by atoms with Crippen LogP contribution in [0.2, 0.25) is 0 Å². The van der Waals surface area contributed by atoms with Crippen molar-refractivity contribution >= 4 is 5.95 Å². The fraction of sp³-hybridized carbons (Fsp3) is 0.471. The minimum absolute atomic E-state index is 0.546. The van der Waals surface area contributed by atoms with Gasteiger partial charge in [-0.3, -0.25) is 4.57 Å². The first-order valence-corrected chi connectivity index (χ1v) is 7.73. The molecule has 1 heterocycles. The Hall–Kier alpha value is -1.97. The number of aromatic nitrogens is 2. The predicted octanol–water partition coefficient (Wildman–Crippen LogP) is 3.93. The highest BCUT2D eigenvalue weighted by molar-refractivity contribution is 5.46. The van der Waals surface area contributed by atoms with E-state index >= 15 is 0 Å². The van der Waals surface area contributed by atoms with Crippen LogP contribution in [0.3, 0.4) is 0 Å². The second-order valence-electron chi connectivity index (χ2n) is 5.76. The highest BCUT2D eigenvalue weighted by Gasteiger charge is 2.16. The van der Waals surface area contributed by atoms with Crippen molar-refractivity contribution in [3.63, 3.8) is 0 Å². The Bertz CT molecular complexity index is 600. The molecule has 3 rings (SSSR count). The van der Waals surface area contributed by atoms with E-state index in [-0.39, 0.29) is 0 Å². The van der Waals surface area contributed by atoms with Gasteiger partial charge in [-0.05, 0) is 31.9 Å². The number of ether oxygens (including phenoxy) is 1. The SMILES string of the molecule is COc1cccc(-n2cc(C)nc2NC2CCCCC2)c1. The number of hydrogen-bond acceptors (Lipinski definition) is 3. The summed E-state index contributed by atoms with van der Waals surface area (Å²) < 4.78 is 7.44. The lowest BCUT2D eigenvalue weighted by Gasteiger charge is -2.23. The Kier molecular flexibility index (Phi) is 4.13. The van der Waals surface area contributed by atoms with Gasteiger partial charge < -0.3 is 10.1 Å². The summed E-state index contributed by atoms with van der Waals surface area (Å²) in [4.78, 5) is 4.65. The number of methoxy groups -OCH3 is 1. The standard InChI is InChI=1S/C17H23N3O/c1-13-12-20(15-9-6-10-16(11-15)21-2)17(18-13)19-14-7-4-3-5-8-14/h6,9-12,14H,3-5,7-8H2,1-2H3,(H,18,19). The Morgan fingerprint density at radius 2 is 2.05 bits per heavy atom. The van der Waals surface area contributed by atoms with Gasteiger partial charge in [0.25, 0.3) is 0 Å². The van der Waals surface area contributed by atoms with E-state index in [1.165, 1.54) is 32.1 Å². The predicted molar refractivity (Wildman–Crippen MR) is 85.3 cm³/mol. The zero-order chi connectivity index (χ0) is 14.7. The van der Waals surface area contributed by atoms with Gasteiger partial charge in [-0.1, -0.05) is 25.3 Å². The minimum Gasteiger partial charge on any atom is -0.497 e. The van der Waals surface area contributed by atoms with Crippen molar-refractivity contribution in [2.75, 3.05) is 12.4 Å². The summed E-state index contributed by atoms with van der Waals surface area (Å²) in [5, 5.41) is 3.62. The molecular weight excluding hydrogens is 262 g/mol. The molecule has 0 unspecified atom stereocenters. The topological polar surface area (TPSA) is 39.1 Å². The van der Waals surface area contributed by atoms with Gasteiger partial charge in [0.15, 0.2) is 0 Å². The molecule has 0 amide bonds. The summed E-state index contributed by atoms with van der Waals surface area (Å²) in [5.74, 6) is 1.80. The summed E-state index contributed by atoms with van der Waals surface area (Å²) in [5.41, 5.74) is 2.10. The fourth-order valence-corrected chi connectivity index (χ4v) is 2.99. The lowest BCUT2D eigenvalue weighted by Crippen LogP contribution is -2.24. The summed E-state index contributed by atoms with van der Waals surface area (Å²) in [6, 6.07) is 8.63. The first-order valence-electron chi connectivity index (χ1n) is 7.73. The third-order valence-electron chi connectivity index (χ3n) is 4.10. The van der Waals surface area contributed by atoms with Crippen molar-refractivity contribution in [2.45, 2.75) is 45.1 Å². The van der Waals surface area contributed by atoms with E-state index in [9.17, 15) is 0 Å². The maximum atomic E-state index is 5.32. The molecule has 1 aliphatic rings. The molecule has 112 valence electrons. The molecule has 0 spiro atoms. The lowest BCUT2D eigenvalue weighted by atomic mass is 9.96. The Morgan fingerprint density at radius 1 is 1.24 bits per heavy atom. The van der Waals surface area contributed by atoms with Crippen molar-refractivity contribution in [2.24, 2.45) is 0 Å². The first kappa shape index (κ1) is 14.0. The molecule has 0 aliphatic heterocycles. The van der Waals surface area contributed by atoms with Gasteiger partial charge in [0.2, 0.25) is 5.95 Å². The third-order valence-corrected chi connectivity index (χ3v) is 4.10. The number of rotatable bonds is 4. The van der Waals surface area contributed by atoms with Crippen LogP contribution >= 0.6 is 0 Å². The van der Waals surface area contributed by atoms with Gasteiger partial charge in [-0.25, -0.2) is 4.98 Å². The van der Waals surface area contributed by atoms with Crippen LogP contribution in [0.4, 0.5) is 5.95 Å². The highest BCUT2D eigenvalue weighted by atomic mass is 16.5. The lowest BCUT2D eigenvalue weighted by molar-refractivity contribution is 0.414. The van der Waals surface area contributed by atoms with Crippen LogP contribution in [0, 0.1) is 6.92 Å². The average Bonchev–Trinajstić information content (AvgIpc) is 2.89. The smallest absolute Gasteiger partial charge is 0.207 e. The molecule has 21 heavy (non-hydrogen) atoms. The maximum Gasteiger partial charge on any atom is 0.207 e. The van der Waals surface area contributed by atoms with Crippen LogP contribution in [0.25, 0.3) is 5.69 Å². The quantitative estimate of drug-likeness (QED) is 0.925. The Balaban J connectivity index is 1.87. The van der Waals surface area contributed by atoms with Gasteiger partial charge in [0.1, 0.15) is 5.75 Å². The second kappa shape index (κ2) is 6.20. The summed E-state index contributed by atoms with van der Waals surface area (Å²) in [6.45, 7) is 2.03. The summed E-state index contributed by atoms with van der Waals surface area (Å²) >= 11 is 0. The van der Waals surface area contributed by atoms with Gasteiger partial charge >= 0.3 is 0 Å². The number of hydrogen-bond donors (Lipinski definition) is 1. The molecule has 2 aromatic rings. The van der Waals surface area contributed by atoms with Crippen LogP contribution in [-0.4, -0.2) is 22.7 Å². The van der Waals surface area contributed by atoms with Crippen LogP contribution in [0.5, 0.6) is 5.75 Å². The van der Waals surface area contributed by atoms with E-state index in [1.54, 1.807) is 7.11 Å². The number of nitrogens with zero attached hydrogens (tertiary/aromatic N) is 2. The van der Waals surface area contributed by atoms with E-state index < -0.39 is 0 Å². The molecule has 1 aromatic heterocycles. The van der Waals surface area contributed by atoms with Crippen LogP contribution in [0.15, 0.2) is 30.5 Å².